The second-order valence-electron chi connectivity index (χ2n) is 3.94. The number of nitrogen functional groups attached to an aromatic ring is 1. The Hall–Kier alpha value is -2.21. The summed E-state index contributed by atoms with van der Waals surface area (Å²) in [6.07, 6.45) is 6.05. The zero-order chi connectivity index (χ0) is 12.3. The molecule has 0 saturated heterocycles. The molecule has 0 aliphatic carbocycles. The molecule has 1 aromatic heterocycles. The predicted octanol–water partition coefficient (Wildman–Crippen LogP) is 2.00. The molecule has 1 heterocycles. The molecule has 0 spiro atoms. The van der Waals surface area contributed by atoms with Gasteiger partial charge in [-0.15, -0.1) is 6.42 Å². The lowest BCUT2D eigenvalue weighted by Gasteiger charge is -2.03. The van der Waals surface area contributed by atoms with Crippen LogP contribution in [0.3, 0.4) is 0 Å². The molecular formula is C14H15N3. The summed E-state index contributed by atoms with van der Waals surface area (Å²) >= 11 is 0. The van der Waals surface area contributed by atoms with E-state index in [1.165, 1.54) is 5.56 Å². The first-order valence-electron chi connectivity index (χ1n) is 5.51. The van der Waals surface area contributed by atoms with Crippen LogP contribution in [-0.2, 0) is 13.0 Å². The number of aromatic nitrogens is 2. The van der Waals surface area contributed by atoms with Gasteiger partial charge in [0, 0.05) is 6.42 Å². The van der Waals surface area contributed by atoms with Crippen LogP contribution in [0.1, 0.15) is 17.1 Å². The lowest BCUT2D eigenvalue weighted by molar-refractivity contribution is 0.807. The predicted molar refractivity (Wildman–Crippen MR) is 69.5 cm³/mol. The van der Waals surface area contributed by atoms with E-state index < -0.39 is 0 Å². The summed E-state index contributed by atoms with van der Waals surface area (Å²) in [5.41, 5.74) is 8.13. The molecule has 2 aromatic rings. The number of imidazole rings is 1. The molecule has 0 atom stereocenters. The normalized spacial score (nSPS) is 10.1. The number of terminal acetylenes is 1. The summed E-state index contributed by atoms with van der Waals surface area (Å²) in [7, 11) is 0. The van der Waals surface area contributed by atoms with E-state index >= 15 is 0 Å². The van der Waals surface area contributed by atoms with Gasteiger partial charge in [-0.1, -0.05) is 36.3 Å². The molecule has 2 rings (SSSR count). The minimum Gasteiger partial charge on any atom is -0.384 e. The van der Waals surface area contributed by atoms with E-state index in [4.69, 9.17) is 12.2 Å². The van der Waals surface area contributed by atoms with Crippen molar-refractivity contribution in [2.75, 3.05) is 5.73 Å². The molecule has 86 valence electrons. The maximum absolute atomic E-state index is 6.04. The molecule has 3 nitrogen and oxygen atoms in total. The van der Waals surface area contributed by atoms with Crippen LogP contribution >= 0.6 is 0 Å². The third-order valence-corrected chi connectivity index (χ3v) is 2.74. The van der Waals surface area contributed by atoms with E-state index in [9.17, 15) is 0 Å². The Balaban J connectivity index is 2.29. The highest BCUT2D eigenvalue weighted by molar-refractivity contribution is 5.41. The minimum atomic E-state index is 0.472. The third-order valence-electron chi connectivity index (χ3n) is 2.74. The molecule has 0 saturated carbocycles. The molecule has 0 amide bonds. The molecule has 17 heavy (non-hydrogen) atoms. The maximum atomic E-state index is 6.04. The molecule has 3 heteroatoms. The second kappa shape index (κ2) is 4.75. The Kier molecular flexibility index (Phi) is 3.15. The first-order valence-corrected chi connectivity index (χ1v) is 5.51. The van der Waals surface area contributed by atoms with Crippen LogP contribution in [0, 0.1) is 19.3 Å². The van der Waals surface area contributed by atoms with Gasteiger partial charge in [0.25, 0.3) is 0 Å². The average molecular weight is 225 g/mol. The van der Waals surface area contributed by atoms with E-state index in [1.807, 2.05) is 29.7 Å². The summed E-state index contributed by atoms with van der Waals surface area (Å²) in [6.45, 7) is 2.39. The van der Waals surface area contributed by atoms with Gasteiger partial charge in [-0.3, -0.25) is 0 Å². The second-order valence-corrected chi connectivity index (χ2v) is 3.94. The van der Waals surface area contributed by atoms with Gasteiger partial charge in [-0.05, 0) is 12.5 Å². The number of nitrogens with two attached hydrogens (primary N) is 1. The summed E-state index contributed by atoms with van der Waals surface area (Å²) in [4.78, 5) is 4.47. The van der Waals surface area contributed by atoms with Gasteiger partial charge in [-0.2, -0.15) is 0 Å². The van der Waals surface area contributed by atoms with Crippen molar-refractivity contribution in [1.29, 1.82) is 0 Å². The monoisotopic (exact) mass is 225 g/mol. The third kappa shape index (κ3) is 2.31. The lowest BCUT2D eigenvalue weighted by atomic mass is 10.1. The van der Waals surface area contributed by atoms with E-state index in [0.29, 0.717) is 12.4 Å². The Morgan fingerprint density at radius 1 is 1.35 bits per heavy atom. The van der Waals surface area contributed by atoms with E-state index in [2.05, 4.69) is 23.0 Å². The smallest absolute Gasteiger partial charge is 0.128 e. The highest BCUT2D eigenvalue weighted by atomic mass is 15.1. The topological polar surface area (TPSA) is 43.8 Å². The van der Waals surface area contributed by atoms with Crippen molar-refractivity contribution < 1.29 is 0 Å². The first-order chi connectivity index (χ1) is 8.22. The minimum absolute atomic E-state index is 0.472. The van der Waals surface area contributed by atoms with Crippen molar-refractivity contribution in [2.24, 2.45) is 0 Å². The summed E-state index contributed by atoms with van der Waals surface area (Å²) < 4.78 is 1.86. The molecular weight excluding hydrogens is 210 g/mol. The molecule has 0 bridgehead atoms. The van der Waals surface area contributed by atoms with Crippen LogP contribution in [0.25, 0.3) is 0 Å². The van der Waals surface area contributed by atoms with Gasteiger partial charge >= 0.3 is 0 Å². The number of hydrogen-bond donors (Lipinski definition) is 1. The number of rotatable bonds is 3. The number of anilines is 1. The van der Waals surface area contributed by atoms with Crippen LogP contribution in [0.5, 0.6) is 0 Å². The molecule has 0 radical (unpaired) electrons. The van der Waals surface area contributed by atoms with Gasteiger partial charge < -0.3 is 10.3 Å². The van der Waals surface area contributed by atoms with Crippen LogP contribution in [0.2, 0.25) is 0 Å². The quantitative estimate of drug-likeness (QED) is 0.812. The van der Waals surface area contributed by atoms with Crippen LogP contribution in [-0.4, -0.2) is 9.55 Å². The van der Waals surface area contributed by atoms with E-state index in [1.54, 1.807) is 0 Å². The molecule has 0 aliphatic heterocycles. The summed E-state index contributed by atoms with van der Waals surface area (Å²) in [6, 6.07) is 10.1. The van der Waals surface area contributed by atoms with Crippen molar-refractivity contribution >= 4 is 5.82 Å². The van der Waals surface area contributed by atoms with Crippen molar-refractivity contribution in [3.05, 3.63) is 47.4 Å². The zero-order valence-electron chi connectivity index (χ0n) is 9.85. The van der Waals surface area contributed by atoms with Gasteiger partial charge in [0.1, 0.15) is 11.6 Å². The summed E-state index contributed by atoms with van der Waals surface area (Å²) in [5, 5.41) is 0. The molecule has 0 unspecified atom stereocenters. The van der Waals surface area contributed by atoms with E-state index in [-0.39, 0.29) is 0 Å². The Bertz CT molecular complexity index is 547. The molecule has 0 aliphatic rings. The van der Waals surface area contributed by atoms with Crippen LogP contribution < -0.4 is 5.73 Å². The SMILES string of the molecule is C#CCn1c(C)nc(Cc2ccccc2)c1N. The highest BCUT2D eigenvalue weighted by Crippen LogP contribution is 2.17. The number of benzene rings is 1. The van der Waals surface area contributed by atoms with Gasteiger partial charge in [-0.25, -0.2) is 4.98 Å². The first kappa shape index (κ1) is 11.3. The maximum Gasteiger partial charge on any atom is 0.128 e. The van der Waals surface area contributed by atoms with E-state index in [0.717, 1.165) is 17.9 Å². The van der Waals surface area contributed by atoms with Gasteiger partial charge in [0.2, 0.25) is 0 Å². The molecule has 2 N–H and O–H groups in total. The van der Waals surface area contributed by atoms with Crippen molar-refractivity contribution in [3.8, 4) is 12.3 Å². The van der Waals surface area contributed by atoms with Crippen molar-refractivity contribution in [1.82, 2.24) is 9.55 Å². The number of hydrogen-bond acceptors (Lipinski definition) is 2. The van der Waals surface area contributed by atoms with Crippen molar-refractivity contribution in [2.45, 2.75) is 19.9 Å². The highest BCUT2D eigenvalue weighted by Gasteiger charge is 2.11. The Labute approximate surface area is 101 Å². The molecule has 1 aromatic carbocycles. The Morgan fingerprint density at radius 2 is 2.06 bits per heavy atom. The summed E-state index contributed by atoms with van der Waals surface area (Å²) in [5.74, 6) is 4.12. The Morgan fingerprint density at radius 3 is 2.71 bits per heavy atom. The van der Waals surface area contributed by atoms with Crippen molar-refractivity contribution in [3.63, 3.8) is 0 Å². The number of nitrogens with zero attached hydrogens (tertiary/aromatic N) is 2. The lowest BCUT2D eigenvalue weighted by Crippen LogP contribution is -2.04. The largest absolute Gasteiger partial charge is 0.384 e. The van der Waals surface area contributed by atoms with Gasteiger partial charge in [0.05, 0.1) is 12.2 Å². The molecule has 0 fully saturated rings. The van der Waals surface area contributed by atoms with Gasteiger partial charge in [0.15, 0.2) is 0 Å². The fourth-order valence-corrected chi connectivity index (χ4v) is 1.85. The van der Waals surface area contributed by atoms with Crippen LogP contribution in [0.4, 0.5) is 5.82 Å². The number of aryl methyl sites for hydroxylation is 1. The standard InChI is InChI=1S/C14H15N3/c1-3-9-17-11(2)16-13(14(17)15)10-12-7-5-4-6-8-12/h1,4-8H,9-10,15H2,2H3. The fraction of sp³-hybridized carbons (Fsp3) is 0.214. The fourth-order valence-electron chi connectivity index (χ4n) is 1.85. The van der Waals surface area contributed by atoms with Crippen LogP contribution in [0.15, 0.2) is 30.3 Å². The average Bonchev–Trinajstić information content (AvgIpc) is 2.59. The zero-order valence-corrected chi connectivity index (χ0v) is 9.85.